The predicted molar refractivity (Wildman–Crippen MR) is 105 cm³/mol. The number of halogens is 1. The number of carbonyl (C=O) groups is 2. The minimum absolute atomic E-state index is 0.0401. The van der Waals surface area contributed by atoms with Crippen molar-refractivity contribution in [3.05, 3.63) is 58.7 Å². The fourth-order valence-electron chi connectivity index (χ4n) is 2.49. The molecule has 0 aliphatic heterocycles. The van der Waals surface area contributed by atoms with Gasteiger partial charge in [-0.05, 0) is 53.2 Å². The maximum Gasteiger partial charge on any atom is 0.273 e. The number of hydrogen-bond donors (Lipinski definition) is 3. The molecule has 6 nitrogen and oxygen atoms in total. The van der Waals surface area contributed by atoms with Crippen LogP contribution in [0.5, 0.6) is 5.75 Å². The lowest BCUT2D eigenvalue weighted by Gasteiger charge is -2.08. The van der Waals surface area contributed by atoms with Crippen LogP contribution in [0, 0.1) is 0 Å². The zero-order valence-electron chi connectivity index (χ0n) is 14.1. The molecule has 0 unspecified atom stereocenters. The number of H-pyrrole nitrogens is 1. The second-order valence-corrected chi connectivity index (χ2v) is 6.37. The minimum atomic E-state index is -0.246. The Morgan fingerprint density at radius 3 is 2.54 bits per heavy atom. The second-order valence-electron chi connectivity index (χ2n) is 5.58. The van der Waals surface area contributed by atoms with Crippen molar-refractivity contribution in [1.82, 2.24) is 10.3 Å². The van der Waals surface area contributed by atoms with Crippen LogP contribution in [0.4, 0.5) is 5.69 Å². The number of aromatic nitrogens is 1. The van der Waals surface area contributed by atoms with Gasteiger partial charge >= 0.3 is 0 Å². The molecule has 3 rings (SSSR count). The Morgan fingerprint density at radius 1 is 1.12 bits per heavy atom. The second kappa shape index (κ2) is 8.05. The summed E-state index contributed by atoms with van der Waals surface area (Å²) in [5, 5.41) is 6.45. The molecule has 0 bridgehead atoms. The Hall–Kier alpha value is -2.80. The first-order valence-corrected chi connectivity index (χ1v) is 8.95. The number of anilines is 1. The number of amides is 2. The van der Waals surface area contributed by atoms with Gasteiger partial charge in [0.15, 0.2) is 6.61 Å². The van der Waals surface area contributed by atoms with Crippen molar-refractivity contribution >= 4 is 44.3 Å². The summed E-state index contributed by atoms with van der Waals surface area (Å²) < 4.78 is 6.11. The first-order chi connectivity index (χ1) is 12.6. The van der Waals surface area contributed by atoms with E-state index in [9.17, 15) is 9.59 Å². The predicted octanol–water partition coefficient (Wildman–Crippen LogP) is 3.70. The van der Waals surface area contributed by atoms with Crippen molar-refractivity contribution < 1.29 is 14.3 Å². The standard InChI is InChI=1S/C19H18BrN3O3/c1-2-21-16(24)11-26-13-9-7-12(8-10-13)22-19(25)18-17(20)14-5-3-4-6-15(14)23-18/h3-10,23H,2,11H2,1H3,(H,21,24)(H,22,25). The number of benzene rings is 2. The number of rotatable bonds is 6. The van der Waals surface area contributed by atoms with Gasteiger partial charge in [-0.15, -0.1) is 0 Å². The normalized spacial score (nSPS) is 10.5. The quantitative estimate of drug-likeness (QED) is 0.573. The highest BCUT2D eigenvalue weighted by Gasteiger charge is 2.15. The van der Waals surface area contributed by atoms with Crippen molar-refractivity contribution in [1.29, 1.82) is 0 Å². The molecule has 3 aromatic rings. The lowest BCUT2D eigenvalue weighted by Crippen LogP contribution is -2.28. The number of hydrogen-bond acceptors (Lipinski definition) is 3. The molecular weight excluding hydrogens is 398 g/mol. The molecular formula is C19H18BrN3O3. The van der Waals surface area contributed by atoms with Crippen molar-refractivity contribution in [3.63, 3.8) is 0 Å². The number of carbonyl (C=O) groups excluding carboxylic acids is 2. The molecule has 26 heavy (non-hydrogen) atoms. The molecule has 2 amide bonds. The van der Waals surface area contributed by atoms with E-state index < -0.39 is 0 Å². The Kier molecular flexibility index (Phi) is 5.58. The SMILES string of the molecule is CCNC(=O)COc1ccc(NC(=O)c2[nH]c3ccccc3c2Br)cc1. The van der Waals surface area contributed by atoms with Gasteiger partial charge in [-0.1, -0.05) is 18.2 Å². The number of nitrogens with one attached hydrogen (secondary N) is 3. The largest absolute Gasteiger partial charge is 0.484 e. The number of fused-ring (bicyclic) bond motifs is 1. The fraction of sp³-hybridized carbons (Fsp3) is 0.158. The summed E-state index contributed by atoms with van der Waals surface area (Å²) >= 11 is 3.47. The summed E-state index contributed by atoms with van der Waals surface area (Å²) in [4.78, 5) is 27.0. The maximum atomic E-state index is 12.5. The van der Waals surface area contributed by atoms with Crippen molar-refractivity contribution in [2.75, 3.05) is 18.5 Å². The summed E-state index contributed by atoms with van der Waals surface area (Å²) in [6, 6.07) is 14.5. The van der Waals surface area contributed by atoms with Crippen molar-refractivity contribution in [3.8, 4) is 5.75 Å². The average Bonchev–Trinajstić information content (AvgIpc) is 2.99. The zero-order chi connectivity index (χ0) is 18.5. The van der Waals surface area contributed by atoms with Gasteiger partial charge < -0.3 is 20.4 Å². The van der Waals surface area contributed by atoms with E-state index in [0.29, 0.717) is 23.7 Å². The number of ether oxygens (including phenoxy) is 1. The van der Waals surface area contributed by atoms with Gasteiger partial charge in [0.05, 0.1) is 4.47 Å². The first kappa shape index (κ1) is 18.0. The Labute approximate surface area is 159 Å². The van der Waals surface area contributed by atoms with E-state index in [1.807, 2.05) is 31.2 Å². The van der Waals surface area contributed by atoms with E-state index in [1.165, 1.54) is 0 Å². The third-order valence-corrected chi connectivity index (χ3v) is 4.55. The zero-order valence-corrected chi connectivity index (χ0v) is 15.7. The lowest BCUT2D eigenvalue weighted by atomic mass is 10.2. The third kappa shape index (κ3) is 4.05. The topological polar surface area (TPSA) is 83.2 Å². The van der Waals surface area contributed by atoms with E-state index in [-0.39, 0.29) is 18.4 Å². The molecule has 3 N–H and O–H groups in total. The van der Waals surface area contributed by atoms with E-state index >= 15 is 0 Å². The Morgan fingerprint density at radius 2 is 1.85 bits per heavy atom. The van der Waals surface area contributed by atoms with Crippen LogP contribution in [0.2, 0.25) is 0 Å². The molecule has 0 atom stereocenters. The van der Waals surface area contributed by atoms with Crippen LogP contribution >= 0.6 is 15.9 Å². The summed E-state index contributed by atoms with van der Waals surface area (Å²) in [6.07, 6.45) is 0. The minimum Gasteiger partial charge on any atom is -0.484 e. The van der Waals surface area contributed by atoms with Crippen LogP contribution in [0.25, 0.3) is 10.9 Å². The van der Waals surface area contributed by atoms with Crippen LogP contribution in [0.3, 0.4) is 0 Å². The smallest absolute Gasteiger partial charge is 0.273 e. The highest BCUT2D eigenvalue weighted by atomic mass is 79.9. The molecule has 2 aromatic carbocycles. The molecule has 134 valence electrons. The van der Waals surface area contributed by atoms with E-state index in [1.54, 1.807) is 24.3 Å². The van der Waals surface area contributed by atoms with Gasteiger partial charge in [-0.25, -0.2) is 0 Å². The third-order valence-electron chi connectivity index (χ3n) is 3.73. The molecule has 7 heteroatoms. The lowest BCUT2D eigenvalue weighted by molar-refractivity contribution is -0.122. The molecule has 0 radical (unpaired) electrons. The highest BCUT2D eigenvalue weighted by molar-refractivity contribution is 9.10. The molecule has 0 saturated heterocycles. The van der Waals surface area contributed by atoms with Crippen LogP contribution in [-0.2, 0) is 4.79 Å². The van der Waals surface area contributed by atoms with Gasteiger partial charge in [-0.3, -0.25) is 9.59 Å². The van der Waals surface area contributed by atoms with E-state index in [2.05, 4.69) is 31.5 Å². The van der Waals surface area contributed by atoms with Crippen LogP contribution in [-0.4, -0.2) is 29.9 Å². The van der Waals surface area contributed by atoms with Gasteiger partial charge in [0, 0.05) is 23.1 Å². The monoisotopic (exact) mass is 415 g/mol. The summed E-state index contributed by atoms with van der Waals surface area (Å²) in [6.45, 7) is 2.37. The number of para-hydroxylation sites is 1. The highest BCUT2D eigenvalue weighted by Crippen LogP contribution is 2.28. The molecule has 0 spiro atoms. The van der Waals surface area contributed by atoms with Gasteiger partial charge in [0.25, 0.3) is 11.8 Å². The molecule has 1 heterocycles. The summed E-state index contributed by atoms with van der Waals surface area (Å²) in [7, 11) is 0. The van der Waals surface area contributed by atoms with Crippen molar-refractivity contribution in [2.24, 2.45) is 0 Å². The number of likely N-dealkylation sites (N-methyl/N-ethyl adjacent to an activating group) is 1. The molecule has 0 fully saturated rings. The molecule has 1 aromatic heterocycles. The van der Waals surface area contributed by atoms with Gasteiger partial charge in [0.2, 0.25) is 0 Å². The Balaban J connectivity index is 1.65. The summed E-state index contributed by atoms with van der Waals surface area (Å²) in [5.41, 5.74) is 1.98. The number of aromatic amines is 1. The Bertz CT molecular complexity index is 935. The van der Waals surface area contributed by atoms with Crippen molar-refractivity contribution in [2.45, 2.75) is 6.92 Å². The molecule has 0 aliphatic carbocycles. The van der Waals surface area contributed by atoms with Crippen LogP contribution in [0.15, 0.2) is 53.0 Å². The first-order valence-electron chi connectivity index (χ1n) is 8.15. The fourth-order valence-corrected chi connectivity index (χ4v) is 3.11. The maximum absolute atomic E-state index is 12.5. The van der Waals surface area contributed by atoms with Crippen LogP contribution in [0.1, 0.15) is 17.4 Å². The summed E-state index contributed by atoms with van der Waals surface area (Å²) in [5.74, 6) is 0.138. The average molecular weight is 416 g/mol. The van der Waals surface area contributed by atoms with Gasteiger partial charge in [0.1, 0.15) is 11.4 Å². The van der Waals surface area contributed by atoms with Gasteiger partial charge in [-0.2, -0.15) is 0 Å². The van der Waals surface area contributed by atoms with E-state index in [0.717, 1.165) is 15.4 Å². The van der Waals surface area contributed by atoms with Crippen LogP contribution < -0.4 is 15.4 Å². The van der Waals surface area contributed by atoms with E-state index in [4.69, 9.17) is 4.74 Å². The molecule has 0 aliphatic rings. The molecule has 0 saturated carbocycles.